The van der Waals surface area contributed by atoms with E-state index < -0.39 is 0 Å². The Labute approximate surface area is 84.2 Å². The fourth-order valence-corrected chi connectivity index (χ4v) is 2.18. The zero-order valence-corrected chi connectivity index (χ0v) is 8.65. The molecule has 0 aromatic carbocycles. The van der Waals surface area contributed by atoms with Crippen molar-refractivity contribution in [1.29, 1.82) is 0 Å². The average Bonchev–Trinajstić information content (AvgIpc) is 2.44. The van der Waals surface area contributed by atoms with Crippen LogP contribution in [-0.2, 0) is 6.54 Å². The van der Waals surface area contributed by atoms with Gasteiger partial charge in [-0.1, -0.05) is 5.16 Å². The molecule has 3 nitrogen and oxygen atoms in total. The van der Waals surface area contributed by atoms with Gasteiger partial charge < -0.3 is 9.77 Å². The van der Waals surface area contributed by atoms with Gasteiger partial charge in [0.1, 0.15) is 5.71 Å². The number of fused-ring (bicyclic) bond motifs is 1. The summed E-state index contributed by atoms with van der Waals surface area (Å²) in [7, 11) is 0. The first-order valence-electron chi connectivity index (χ1n) is 3.88. The van der Waals surface area contributed by atoms with E-state index in [4.69, 9.17) is 5.21 Å². The van der Waals surface area contributed by atoms with E-state index in [-0.39, 0.29) is 0 Å². The molecule has 0 unspecified atom stereocenters. The lowest BCUT2D eigenvalue weighted by molar-refractivity contribution is 0.316. The van der Waals surface area contributed by atoms with Crippen LogP contribution in [0.3, 0.4) is 0 Å². The third kappa shape index (κ3) is 1.24. The molecule has 0 radical (unpaired) electrons. The van der Waals surface area contributed by atoms with Crippen LogP contribution in [0.2, 0.25) is 0 Å². The highest BCUT2D eigenvalue weighted by Gasteiger charge is 2.15. The summed E-state index contributed by atoms with van der Waals surface area (Å²) in [6.45, 7) is 1.04. The molecule has 0 atom stereocenters. The van der Waals surface area contributed by atoms with Crippen molar-refractivity contribution in [2.75, 3.05) is 0 Å². The summed E-state index contributed by atoms with van der Waals surface area (Å²) < 4.78 is 3.34. The summed E-state index contributed by atoms with van der Waals surface area (Å²) in [5.41, 5.74) is 1.87. The number of nitrogens with zero attached hydrogens (tertiary/aromatic N) is 2. The zero-order valence-electron chi connectivity index (χ0n) is 6.50. The van der Waals surface area contributed by atoms with Gasteiger partial charge in [0, 0.05) is 16.3 Å². The largest absolute Gasteiger partial charge is 0.411 e. The summed E-state index contributed by atoms with van der Waals surface area (Å²) in [6.07, 6.45) is 4.04. The Morgan fingerprint density at radius 2 is 2.42 bits per heavy atom. The van der Waals surface area contributed by atoms with Crippen LogP contribution < -0.4 is 0 Å². The molecule has 0 amide bonds. The smallest absolute Gasteiger partial charge is 0.103 e. The van der Waals surface area contributed by atoms with Gasteiger partial charge in [-0.15, -0.1) is 0 Å². The van der Waals surface area contributed by atoms with Crippen LogP contribution in [0.5, 0.6) is 0 Å². The van der Waals surface area contributed by atoms with Crippen molar-refractivity contribution in [3.8, 4) is 0 Å². The molecule has 2 rings (SSSR count). The van der Waals surface area contributed by atoms with Crippen LogP contribution in [0.4, 0.5) is 0 Å². The lowest BCUT2D eigenvalue weighted by Gasteiger charge is -2.15. The van der Waals surface area contributed by atoms with E-state index in [0.29, 0.717) is 0 Å². The molecule has 0 fully saturated rings. The number of rotatable bonds is 0. The van der Waals surface area contributed by atoms with Crippen LogP contribution in [-0.4, -0.2) is 15.5 Å². The summed E-state index contributed by atoms with van der Waals surface area (Å²) in [5.74, 6) is 0. The molecular weight excluding hydrogens is 267 g/mol. The fraction of sp³-hybridized carbons (Fsp3) is 0.375. The standard InChI is InChI=1S/C8H9IN2O/c9-6-4-8-7(10-12)2-1-3-11(8)5-6/h4-5,12H,1-3H2. The SMILES string of the molecule is ON=C1CCCn2cc(I)cc21. The van der Waals surface area contributed by atoms with Crippen molar-refractivity contribution in [3.63, 3.8) is 0 Å². The molecule has 12 heavy (non-hydrogen) atoms. The first-order valence-corrected chi connectivity index (χ1v) is 4.96. The maximum atomic E-state index is 8.72. The number of aryl methyl sites for hydroxylation is 1. The van der Waals surface area contributed by atoms with Crippen LogP contribution in [0.25, 0.3) is 0 Å². The first kappa shape index (κ1) is 8.10. The lowest BCUT2D eigenvalue weighted by atomic mass is 10.1. The van der Waals surface area contributed by atoms with Gasteiger partial charge in [-0.25, -0.2) is 0 Å². The summed E-state index contributed by atoms with van der Waals surface area (Å²) in [6, 6.07) is 2.05. The van der Waals surface area contributed by atoms with Gasteiger partial charge in [-0.05, 0) is 41.5 Å². The average molecular weight is 276 g/mol. The molecule has 64 valence electrons. The normalized spacial score (nSPS) is 19.6. The van der Waals surface area contributed by atoms with Gasteiger partial charge in [0.2, 0.25) is 0 Å². The second-order valence-electron chi connectivity index (χ2n) is 2.89. The second kappa shape index (κ2) is 3.08. The van der Waals surface area contributed by atoms with E-state index >= 15 is 0 Å². The second-order valence-corrected chi connectivity index (χ2v) is 4.13. The van der Waals surface area contributed by atoms with E-state index in [0.717, 1.165) is 30.8 Å². The van der Waals surface area contributed by atoms with Gasteiger partial charge in [0.15, 0.2) is 0 Å². The van der Waals surface area contributed by atoms with Gasteiger partial charge in [0.05, 0.1) is 5.69 Å². The highest BCUT2D eigenvalue weighted by atomic mass is 127. The minimum Gasteiger partial charge on any atom is -0.411 e. The predicted octanol–water partition coefficient (Wildman–Crippen LogP) is 2.06. The molecule has 0 spiro atoms. The Bertz CT molecular complexity index is 330. The number of aromatic nitrogens is 1. The molecule has 0 saturated carbocycles. The van der Waals surface area contributed by atoms with E-state index in [9.17, 15) is 0 Å². The number of hydrogen-bond donors (Lipinski definition) is 1. The topological polar surface area (TPSA) is 37.5 Å². The third-order valence-corrected chi connectivity index (χ3v) is 2.68. The molecule has 0 saturated heterocycles. The van der Waals surface area contributed by atoms with E-state index in [1.54, 1.807) is 0 Å². The molecule has 1 aromatic heterocycles. The summed E-state index contributed by atoms with van der Waals surface area (Å²) in [4.78, 5) is 0. The van der Waals surface area contributed by atoms with Crippen LogP contribution in [0.1, 0.15) is 18.5 Å². The molecular formula is C8H9IN2O. The van der Waals surface area contributed by atoms with Crippen LogP contribution in [0, 0.1) is 3.57 Å². The minimum atomic E-state index is 0.809. The van der Waals surface area contributed by atoms with Crippen LogP contribution >= 0.6 is 22.6 Å². The molecule has 0 aliphatic carbocycles. The fourth-order valence-electron chi connectivity index (χ4n) is 1.55. The Morgan fingerprint density at radius 3 is 3.17 bits per heavy atom. The van der Waals surface area contributed by atoms with Crippen molar-refractivity contribution in [2.24, 2.45) is 5.16 Å². The van der Waals surface area contributed by atoms with Crippen molar-refractivity contribution < 1.29 is 5.21 Å². The van der Waals surface area contributed by atoms with Gasteiger partial charge in [-0.2, -0.15) is 0 Å². The zero-order chi connectivity index (χ0) is 8.55. The number of oxime groups is 1. The van der Waals surface area contributed by atoms with Crippen molar-refractivity contribution in [1.82, 2.24) is 4.57 Å². The van der Waals surface area contributed by atoms with E-state index in [1.807, 2.05) is 0 Å². The molecule has 1 aromatic rings. The van der Waals surface area contributed by atoms with Gasteiger partial charge >= 0.3 is 0 Å². The Morgan fingerprint density at radius 1 is 1.58 bits per heavy atom. The molecule has 4 heteroatoms. The molecule has 1 aliphatic rings. The maximum absolute atomic E-state index is 8.72. The molecule has 1 N–H and O–H groups in total. The lowest BCUT2D eigenvalue weighted by Crippen LogP contribution is -2.16. The van der Waals surface area contributed by atoms with Gasteiger partial charge in [0.25, 0.3) is 0 Å². The molecule has 0 bridgehead atoms. The van der Waals surface area contributed by atoms with Crippen molar-refractivity contribution in [3.05, 3.63) is 21.5 Å². The number of hydrogen-bond acceptors (Lipinski definition) is 2. The number of halogens is 1. The van der Waals surface area contributed by atoms with Crippen molar-refractivity contribution in [2.45, 2.75) is 19.4 Å². The highest BCUT2D eigenvalue weighted by molar-refractivity contribution is 14.1. The van der Waals surface area contributed by atoms with Crippen LogP contribution in [0.15, 0.2) is 17.4 Å². The van der Waals surface area contributed by atoms with Crippen molar-refractivity contribution >= 4 is 28.3 Å². The van der Waals surface area contributed by atoms with Gasteiger partial charge in [-0.3, -0.25) is 0 Å². The monoisotopic (exact) mass is 276 g/mol. The quantitative estimate of drug-likeness (QED) is 0.439. The van der Waals surface area contributed by atoms with E-state index in [2.05, 4.69) is 44.6 Å². The molecule has 2 heterocycles. The predicted molar refractivity (Wildman–Crippen MR) is 54.7 cm³/mol. The minimum absolute atomic E-state index is 0.809. The highest BCUT2D eigenvalue weighted by Crippen LogP contribution is 2.19. The first-order chi connectivity index (χ1) is 5.81. The third-order valence-electron chi connectivity index (χ3n) is 2.09. The Balaban J connectivity index is 2.50. The maximum Gasteiger partial charge on any atom is 0.103 e. The Kier molecular flexibility index (Phi) is 2.08. The molecule has 1 aliphatic heterocycles. The summed E-state index contributed by atoms with van der Waals surface area (Å²) >= 11 is 2.27. The Hall–Kier alpha value is -0.520. The summed E-state index contributed by atoms with van der Waals surface area (Å²) in [5, 5.41) is 12.0. The van der Waals surface area contributed by atoms with E-state index in [1.165, 1.54) is 3.57 Å².